The highest BCUT2D eigenvalue weighted by Crippen LogP contribution is 2.26. The van der Waals surface area contributed by atoms with E-state index in [2.05, 4.69) is 16.1 Å². The number of imidazole rings is 1. The molecule has 7 heteroatoms. The van der Waals surface area contributed by atoms with Crippen LogP contribution in [0, 0.1) is 0 Å². The molecule has 2 aromatic carbocycles. The predicted octanol–water partition coefficient (Wildman–Crippen LogP) is 3.40. The molecule has 2 aromatic heterocycles. The van der Waals surface area contributed by atoms with E-state index in [1.807, 2.05) is 65.1 Å². The molecule has 0 atom stereocenters. The maximum atomic E-state index is 11.6. The molecule has 0 bridgehead atoms. The summed E-state index contributed by atoms with van der Waals surface area (Å²) in [5, 5.41) is 4.67. The van der Waals surface area contributed by atoms with Gasteiger partial charge in [0.05, 0.1) is 35.4 Å². The maximum Gasteiger partial charge on any atom is 0.175 e. The minimum atomic E-state index is -3.19. The lowest BCUT2D eigenvalue weighted by Gasteiger charge is -2.06. The van der Waals surface area contributed by atoms with E-state index in [-0.39, 0.29) is 0 Å². The molecule has 6 nitrogen and oxygen atoms in total. The van der Waals surface area contributed by atoms with Crippen LogP contribution < -0.4 is 0 Å². The molecule has 4 aromatic rings. The first-order valence-corrected chi connectivity index (χ1v) is 10.7. The van der Waals surface area contributed by atoms with E-state index in [0.29, 0.717) is 11.4 Å². The maximum absolute atomic E-state index is 11.6. The van der Waals surface area contributed by atoms with Crippen molar-refractivity contribution in [3.05, 3.63) is 79.0 Å². The standard InChI is InChI=1S/C21H20N4O2S/c1-24-15-22-13-19(24)14-25-11-10-21(23-25)18-5-3-4-17(12-18)16-6-8-20(9-7-16)28(2,26)27/h3-13,15H,14H2,1-2H3. The molecule has 0 amide bonds. The van der Waals surface area contributed by atoms with E-state index in [9.17, 15) is 8.42 Å². The van der Waals surface area contributed by atoms with E-state index < -0.39 is 9.84 Å². The van der Waals surface area contributed by atoms with Crippen molar-refractivity contribution in [1.29, 1.82) is 0 Å². The zero-order valence-electron chi connectivity index (χ0n) is 15.6. The second-order valence-electron chi connectivity index (χ2n) is 6.77. The highest BCUT2D eigenvalue weighted by Gasteiger charge is 2.09. The van der Waals surface area contributed by atoms with Gasteiger partial charge < -0.3 is 4.57 Å². The van der Waals surface area contributed by atoms with Gasteiger partial charge in [-0.2, -0.15) is 5.10 Å². The third-order valence-electron chi connectivity index (χ3n) is 4.66. The van der Waals surface area contributed by atoms with Gasteiger partial charge in [0.15, 0.2) is 9.84 Å². The number of aromatic nitrogens is 4. The molecule has 0 unspecified atom stereocenters. The van der Waals surface area contributed by atoms with E-state index in [1.54, 1.807) is 18.5 Å². The van der Waals surface area contributed by atoms with Crippen molar-refractivity contribution in [2.24, 2.45) is 7.05 Å². The Morgan fingerprint density at radius 2 is 1.71 bits per heavy atom. The first-order chi connectivity index (χ1) is 13.4. The zero-order valence-corrected chi connectivity index (χ0v) is 16.5. The van der Waals surface area contributed by atoms with Crippen LogP contribution >= 0.6 is 0 Å². The average Bonchev–Trinajstić information content (AvgIpc) is 3.31. The summed E-state index contributed by atoms with van der Waals surface area (Å²) in [5.74, 6) is 0. The van der Waals surface area contributed by atoms with Crippen molar-refractivity contribution in [2.45, 2.75) is 11.4 Å². The Bertz CT molecular complexity index is 1220. The van der Waals surface area contributed by atoms with Gasteiger partial charge in [0.2, 0.25) is 0 Å². The fourth-order valence-electron chi connectivity index (χ4n) is 3.06. The summed E-state index contributed by atoms with van der Waals surface area (Å²) < 4.78 is 27.1. The average molecular weight is 392 g/mol. The molecule has 0 aliphatic heterocycles. The minimum Gasteiger partial charge on any atom is -0.336 e. The van der Waals surface area contributed by atoms with Gasteiger partial charge in [-0.3, -0.25) is 4.68 Å². The van der Waals surface area contributed by atoms with Gasteiger partial charge in [-0.1, -0.05) is 30.3 Å². The molecule has 0 N–H and O–H groups in total. The highest BCUT2D eigenvalue weighted by molar-refractivity contribution is 7.90. The van der Waals surface area contributed by atoms with Crippen LogP contribution in [0.2, 0.25) is 0 Å². The number of rotatable bonds is 5. The number of aryl methyl sites for hydroxylation is 1. The lowest BCUT2D eigenvalue weighted by atomic mass is 10.0. The third kappa shape index (κ3) is 3.75. The van der Waals surface area contributed by atoms with Crippen LogP contribution in [-0.4, -0.2) is 34.0 Å². The number of hydrogen-bond acceptors (Lipinski definition) is 4. The molecule has 28 heavy (non-hydrogen) atoms. The van der Waals surface area contributed by atoms with Gasteiger partial charge in [0.1, 0.15) is 0 Å². The third-order valence-corrected chi connectivity index (χ3v) is 5.78. The minimum absolute atomic E-state index is 0.321. The quantitative estimate of drug-likeness (QED) is 0.522. The molecule has 0 aliphatic carbocycles. The Balaban J connectivity index is 1.60. The van der Waals surface area contributed by atoms with Crippen LogP contribution in [-0.2, 0) is 23.4 Å². The second kappa shape index (κ2) is 7.09. The highest BCUT2D eigenvalue weighted by atomic mass is 32.2. The fraction of sp³-hybridized carbons (Fsp3) is 0.143. The van der Waals surface area contributed by atoms with Gasteiger partial charge in [0, 0.05) is 25.1 Å². The summed E-state index contributed by atoms with van der Waals surface area (Å²) in [5.41, 5.74) is 4.95. The van der Waals surface area contributed by atoms with Crippen LogP contribution in [0.3, 0.4) is 0 Å². The summed E-state index contributed by atoms with van der Waals surface area (Å²) >= 11 is 0. The van der Waals surface area contributed by atoms with Crippen LogP contribution in [0.1, 0.15) is 5.69 Å². The zero-order chi connectivity index (χ0) is 19.7. The summed E-state index contributed by atoms with van der Waals surface area (Å²) in [4.78, 5) is 4.45. The molecule has 4 rings (SSSR count). The first kappa shape index (κ1) is 18.2. The van der Waals surface area contributed by atoms with E-state index in [4.69, 9.17) is 0 Å². The van der Waals surface area contributed by atoms with E-state index >= 15 is 0 Å². The lowest BCUT2D eigenvalue weighted by Crippen LogP contribution is -2.04. The molecular weight excluding hydrogens is 372 g/mol. The second-order valence-corrected chi connectivity index (χ2v) is 8.79. The van der Waals surface area contributed by atoms with Crippen molar-refractivity contribution in [3.63, 3.8) is 0 Å². The SMILES string of the molecule is Cn1cncc1Cn1ccc(-c2cccc(-c3ccc(S(C)(=O)=O)cc3)c2)n1. The van der Waals surface area contributed by atoms with Crippen molar-refractivity contribution in [1.82, 2.24) is 19.3 Å². The fourth-order valence-corrected chi connectivity index (χ4v) is 3.69. The van der Waals surface area contributed by atoms with Crippen molar-refractivity contribution < 1.29 is 8.42 Å². The molecule has 0 saturated carbocycles. The Morgan fingerprint density at radius 1 is 0.964 bits per heavy atom. The van der Waals surface area contributed by atoms with E-state index in [1.165, 1.54) is 6.26 Å². The van der Waals surface area contributed by atoms with Crippen molar-refractivity contribution in [2.75, 3.05) is 6.26 Å². The largest absolute Gasteiger partial charge is 0.336 e. The lowest BCUT2D eigenvalue weighted by molar-refractivity contribution is 0.602. The molecule has 142 valence electrons. The van der Waals surface area contributed by atoms with Gasteiger partial charge in [-0.25, -0.2) is 13.4 Å². The van der Waals surface area contributed by atoms with Gasteiger partial charge >= 0.3 is 0 Å². The Kier molecular flexibility index (Phi) is 4.60. The molecule has 0 saturated heterocycles. The first-order valence-electron chi connectivity index (χ1n) is 8.80. The topological polar surface area (TPSA) is 69.8 Å². The molecule has 0 radical (unpaired) electrons. The van der Waals surface area contributed by atoms with E-state index in [0.717, 1.165) is 28.1 Å². The number of nitrogens with zero attached hydrogens (tertiary/aromatic N) is 4. The number of hydrogen-bond donors (Lipinski definition) is 0. The van der Waals surface area contributed by atoms with Crippen LogP contribution in [0.25, 0.3) is 22.4 Å². The monoisotopic (exact) mass is 392 g/mol. The van der Waals surface area contributed by atoms with Crippen molar-refractivity contribution >= 4 is 9.84 Å². The number of sulfone groups is 1. The summed E-state index contributed by atoms with van der Waals surface area (Å²) in [6.45, 7) is 0.656. The Hall–Kier alpha value is -3.19. The van der Waals surface area contributed by atoms with Crippen LogP contribution in [0.15, 0.2) is 78.2 Å². The normalized spacial score (nSPS) is 11.6. The summed E-state index contributed by atoms with van der Waals surface area (Å²) in [6.07, 6.45) is 6.78. The van der Waals surface area contributed by atoms with Gasteiger partial charge in [-0.05, 0) is 35.4 Å². The van der Waals surface area contributed by atoms with Gasteiger partial charge in [-0.15, -0.1) is 0 Å². The Labute approximate surface area is 164 Å². The number of benzene rings is 2. The van der Waals surface area contributed by atoms with Crippen LogP contribution in [0.5, 0.6) is 0 Å². The molecule has 0 spiro atoms. The molecule has 0 fully saturated rings. The molecule has 2 heterocycles. The van der Waals surface area contributed by atoms with Crippen molar-refractivity contribution in [3.8, 4) is 22.4 Å². The van der Waals surface area contributed by atoms with Crippen LogP contribution in [0.4, 0.5) is 0 Å². The molecule has 0 aliphatic rings. The summed E-state index contributed by atoms with van der Waals surface area (Å²) in [6, 6.07) is 17.0. The molecular formula is C21H20N4O2S. The smallest absolute Gasteiger partial charge is 0.175 e. The summed E-state index contributed by atoms with van der Waals surface area (Å²) in [7, 11) is -1.23. The Morgan fingerprint density at radius 3 is 2.39 bits per heavy atom. The predicted molar refractivity (Wildman–Crippen MR) is 109 cm³/mol. The van der Waals surface area contributed by atoms with Gasteiger partial charge in [0.25, 0.3) is 0 Å².